The van der Waals surface area contributed by atoms with Crippen molar-refractivity contribution in [2.45, 2.75) is 33.3 Å². The molecule has 0 heterocycles. The van der Waals surface area contributed by atoms with Crippen molar-refractivity contribution in [1.29, 1.82) is 0 Å². The Hall–Kier alpha value is -1.97. The number of methoxy groups -OCH3 is 1. The van der Waals surface area contributed by atoms with Crippen molar-refractivity contribution >= 4 is 12.0 Å². The molecule has 0 aliphatic rings. The Bertz CT molecular complexity index is 489. The van der Waals surface area contributed by atoms with E-state index in [1.807, 2.05) is 31.2 Å². The molecule has 0 aromatic heterocycles. The van der Waals surface area contributed by atoms with Gasteiger partial charge in [0.05, 0.1) is 13.7 Å². The lowest BCUT2D eigenvalue weighted by atomic mass is 10.1. The Balaban J connectivity index is 2.99. The molecular weight excluding hydrogens is 256 g/mol. The van der Waals surface area contributed by atoms with E-state index in [4.69, 9.17) is 14.2 Å². The van der Waals surface area contributed by atoms with E-state index in [2.05, 4.69) is 0 Å². The monoisotopic (exact) mass is 278 g/mol. The Morgan fingerprint density at radius 3 is 2.55 bits per heavy atom. The number of esters is 1. The predicted molar refractivity (Wildman–Crippen MR) is 79.0 cm³/mol. The molecule has 0 amide bonds. The molecule has 4 nitrogen and oxygen atoms in total. The summed E-state index contributed by atoms with van der Waals surface area (Å²) in [5, 5.41) is 0. The summed E-state index contributed by atoms with van der Waals surface area (Å²) in [6.07, 6.45) is 3.90. The van der Waals surface area contributed by atoms with Crippen LogP contribution in [-0.4, -0.2) is 25.3 Å². The molecule has 0 aliphatic carbocycles. The average molecular weight is 278 g/mol. The number of hydrogen-bond acceptors (Lipinski definition) is 4. The summed E-state index contributed by atoms with van der Waals surface area (Å²) in [5.74, 6) is 0.691. The van der Waals surface area contributed by atoms with E-state index >= 15 is 0 Å². The topological polar surface area (TPSA) is 44.8 Å². The zero-order valence-electron chi connectivity index (χ0n) is 12.7. The second kappa shape index (κ2) is 6.98. The summed E-state index contributed by atoms with van der Waals surface area (Å²) >= 11 is 0. The molecule has 0 aliphatic heterocycles. The van der Waals surface area contributed by atoms with Gasteiger partial charge in [0.15, 0.2) is 17.1 Å². The highest BCUT2D eigenvalue weighted by atomic mass is 16.6. The molecule has 0 saturated heterocycles. The summed E-state index contributed by atoms with van der Waals surface area (Å²) in [4.78, 5) is 11.8. The van der Waals surface area contributed by atoms with Gasteiger partial charge in [-0.05, 0) is 45.4 Å². The van der Waals surface area contributed by atoms with Crippen LogP contribution in [0.1, 0.15) is 33.3 Å². The lowest BCUT2D eigenvalue weighted by molar-refractivity contribution is -0.158. The van der Waals surface area contributed by atoms with Gasteiger partial charge in [0, 0.05) is 0 Å². The minimum absolute atomic E-state index is 0.322. The number of allylic oxidation sites excluding steroid dienone is 1. The Morgan fingerprint density at radius 2 is 2.00 bits per heavy atom. The van der Waals surface area contributed by atoms with Crippen molar-refractivity contribution in [2.24, 2.45) is 0 Å². The summed E-state index contributed by atoms with van der Waals surface area (Å²) in [6.45, 7) is 7.37. The third-order valence-corrected chi connectivity index (χ3v) is 2.68. The van der Waals surface area contributed by atoms with Crippen LogP contribution in [0, 0.1) is 0 Å². The fourth-order valence-corrected chi connectivity index (χ4v) is 1.69. The van der Waals surface area contributed by atoms with Gasteiger partial charge in [0.2, 0.25) is 0 Å². The molecule has 0 fully saturated rings. The number of hydrogen-bond donors (Lipinski definition) is 0. The second-order valence-electron chi connectivity index (χ2n) is 4.74. The first kappa shape index (κ1) is 16.1. The molecule has 1 rings (SSSR count). The smallest absolute Gasteiger partial charge is 0.349 e. The minimum Gasteiger partial charge on any atom is -0.493 e. The van der Waals surface area contributed by atoms with Crippen LogP contribution < -0.4 is 9.47 Å². The maximum atomic E-state index is 11.8. The van der Waals surface area contributed by atoms with Crippen molar-refractivity contribution in [3.63, 3.8) is 0 Å². The quantitative estimate of drug-likeness (QED) is 0.748. The first-order valence-corrected chi connectivity index (χ1v) is 6.61. The number of carbonyl (C=O) groups excluding carboxylic acids is 1. The zero-order chi connectivity index (χ0) is 15.2. The summed E-state index contributed by atoms with van der Waals surface area (Å²) in [6, 6.07) is 5.55. The maximum absolute atomic E-state index is 11.8. The van der Waals surface area contributed by atoms with E-state index in [0.29, 0.717) is 18.1 Å². The van der Waals surface area contributed by atoms with Crippen LogP contribution in [0.4, 0.5) is 0 Å². The van der Waals surface area contributed by atoms with Gasteiger partial charge in [-0.25, -0.2) is 4.79 Å². The number of benzene rings is 1. The van der Waals surface area contributed by atoms with E-state index < -0.39 is 11.6 Å². The zero-order valence-corrected chi connectivity index (χ0v) is 12.7. The van der Waals surface area contributed by atoms with Gasteiger partial charge in [-0.3, -0.25) is 0 Å². The Labute approximate surface area is 120 Å². The minimum atomic E-state index is -1.06. The van der Waals surface area contributed by atoms with Crippen molar-refractivity contribution in [3.8, 4) is 11.5 Å². The third kappa shape index (κ3) is 4.02. The number of rotatable bonds is 6. The molecule has 0 spiro atoms. The molecule has 0 N–H and O–H groups in total. The van der Waals surface area contributed by atoms with Gasteiger partial charge in [-0.1, -0.05) is 18.2 Å². The standard InChI is InChI=1S/C16H22O4/c1-6-8-12-9-10-13(14(11-12)18-5)20-16(3,4)15(17)19-7-2/h6,8-11H,7H2,1-5H3. The Kier molecular flexibility index (Phi) is 5.62. The molecule has 0 saturated carbocycles. The van der Waals surface area contributed by atoms with Gasteiger partial charge in [0.1, 0.15) is 0 Å². The molecule has 4 heteroatoms. The third-order valence-electron chi connectivity index (χ3n) is 2.68. The van der Waals surface area contributed by atoms with Crippen LogP contribution in [0.5, 0.6) is 11.5 Å². The summed E-state index contributed by atoms with van der Waals surface area (Å²) in [7, 11) is 1.57. The van der Waals surface area contributed by atoms with Gasteiger partial charge in [-0.2, -0.15) is 0 Å². The second-order valence-corrected chi connectivity index (χ2v) is 4.74. The van der Waals surface area contributed by atoms with Crippen molar-refractivity contribution in [3.05, 3.63) is 29.8 Å². The largest absolute Gasteiger partial charge is 0.493 e. The van der Waals surface area contributed by atoms with E-state index in [1.54, 1.807) is 33.9 Å². The van der Waals surface area contributed by atoms with Gasteiger partial charge >= 0.3 is 5.97 Å². The molecule has 110 valence electrons. The lowest BCUT2D eigenvalue weighted by Crippen LogP contribution is -2.39. The predicted octanol–water partition coefficient (Wildman–Crippen LogP) is 3.45. The molecule has 0 unspecified atom stereocenters. The molecule has 0 bridgehead atoms. The Morgan fingerprint density at radius 1 is 1.30 bits per heavy atom. The van der Waals surface area contributed by atoms with Crippen LogP contribution in [0.3, 0.4) is 0 Å². The van der Waals surface area contributed by atoms with Gasteiger partial charge in [-0.15, -0.1) is 0 Å². The van der Waals surface area contributed by atoms with E-state index in [0.717, 1.165) is 5.56 Å². The van der Waals surface area contributed by atoms with Crippen molar-refractivity contribution in [1.82, 2.24) is 0 Å². The maximum Gasteiger partial charge on any atom is 0.349 e. The molecule has 1 aromatic rings. The van der Waals surface area contributed by atoms with Crippen molar-refractivity contribution < 1.29 is 19.0 Å². The van der Waals surface area contributed by atoms with E-state index in [1.165, 1.54) is 0 Å². The van der Waals surface area contributed by atoms with Crippen molar-refractivity contribution in [2.75, 3.05) is 13.7 Å². The first-order valence-electron chi connectivity index (χ1n) is 6.61. The molecule has 1 aromatic carbocycles. The lowest BCUT2D eigenvalue weighted by Gasteiger charge is -2.25. The SMILES string of the molecule is CC=Cc1ccc(OC(C)(C)C(=O)OCC)c(OC)c1. The van der Waals surface area contributed by atoms with E-state index in [9.17, 15) is 4.79 Å². The molecular formula is C16H22O4. The highest BCUT2D eigenvalue weighted by Gasteiger charge is 2.32. The normalized spacial score (nSPS) is 11.4. The molecule has 20 heavy (non-hydrogen) atoms. The number of ether oxygens (including phenoxy) is 3. The van der Waals surface area contributed by atoms with Crippen LogP contribution in [0.15, 0.2) is 24.3 Å². The van der Waals surface area contributed by atoms with E-state index in [-0.39, 0.29) is 0 Å². The fraction of sp³-hybridized carbons (Fsp3) is 0.438. The average Bonchev–Trinajstić information content (AvgIpc) is 2.40. The summed E-state index contributed by atoms with van der Waals surface area (Å²) < 4.78 is 16.1. The molecule has 0 atom stereocenters. The van der Waals surface area contributed by atoms with Crippen LogP contribution in [0.25, 0.3) is 6.08 Å². The van der Waals surface area contributed by atoms with Crippen LogP contribution in [-0.2, 0) is 9.53 Å². The highest BCUT2D eigenvalue weighted by molar-refractivity contribution is 5.79. The fourth-order valence-electron chi connectivity index (χ4n) is 1.69. The molecule has 0 radical (unpaired) electrons. The van der Waals surface area contributed by atoms with Crippen LogP contribution >= 0.6 is 0 Å². The van der Waals surface area contributed by atoms with Gasteiger partial charge < -0.3 is 14.2 Å². The van der Waals surface area contributed by atoms with Gasteiger partial charge in [0.25, 0.3) is 0 Å². The first-order chi connectivity index (χ1) is 9.44. The summed E-state index contributed by atoms with van der Waals surface area (Å²) in [5.41, 5.74) is -0.0589. The van der Waals surface area contributed by atoms with Crippen LogP contribution in [0.2, 0.25) is 0 Å². The number of carbonyl (C=O) groups is 1. The highest BCUT2D eigenvalue weighted by Crippen LogP contribution is 2.31.